The van der Waals surface area contributed by atoms with Crippen LogP contribution in [0.5, 0.6) is 0 Å². The summed E-state index contributed by atoms with van der Waals surface area (Å²) in [5.74, 6) is 0.366. The molecule has 0 unspecified atom stereocenters. The third kappa shape index (κ3) is 3.10. The summed E-state index contributed by atoms with van der Waals surface area (Å²) in [6.07, 6.45) is 3.93. The Labute approximate surface area is 156 Å². The highest BCUT2D eigenvalue weighted by atomic mass is 32.1. The number of hydrogen-bond acceptors (Lipinski definition) is 5. The Kier molecular flexibility index (Phi) is 4.23. The van der Waals surface area contributed by atoms with Gasteiger partial charge in [0.05, 0.1) is 23.1 Å². The molecule has 4 heterocycles. The molecule has 0 spiro atoms. The van der Waals surface area contributed by atoms with Gasteiger partial charge in [-0.1, -0.05) is 20.8 Å². The Morgan fingerprint density at radius 3 is 2.65 bits per heavy atom. The van der Waals surface area contributed by atoms with Crippen LogP contribution in [0.3, 0.4) is 0 Å². The maximum Gasteiger partial charge on any atom is 0.251 e. The first-order valence-electron chi connectivity index (χ1n) is 9.09. The normalized spacial score (nSPS) is 17.2. The van der Waals surface area contributed by atoms with Crippen LogP contribution >= 0.6 is 11.3 Å². The maximum absolute atomic E-state index is 12.3. The Hall–Kier alpha value is -1.99. The number of aromatic nitrogens is 4. The highest BCUT2D eigenvalue weighted by Crippen LogP contribution is 2.33. The monoisotopic (exact) mass is 371 g/mol. The van der Waals surface area contributed by atoms with E-state index in [1.165, 1.54) is 0 Å². The molecule has 26 heavy (non-hydrogen) atoms. The Morgan fingerprint density at radius 2 is 2.00 bits per heavy atom. The van der Waals surface area contributed by atoms with Crippen LogP contribution in [0.25, 0.3) is 16.2 Å². The fourth-order valence-corrected chi connectivity index (χ4v) is 4.56. The molecule has 1 saturated heterocycles. The fraction of sp³-hybridized carbons (Fsp3) is 0.526. The molecule has 3 aromatic heterocycles. The van der Waals surface area contributed by atoms with E-state index in [4.69, 9.17) is 4.98 Å². The van der Waals surface area contributed by atoms with Gasteiger partial charge < -0.3 is 9.88 Å². The third-order valence-electron chi connectivity index (χ3n) is 5.17. The molecule has 1 aliphatic heterocycles. The minimum atomic E-state index is -0.0687. The molecular formula is C19H25N5OS. The summed E-state index contributed by atoms with van der Waals surface area (Å²) in [5.41, 5.74) is 3.66. The highest BCUT2D eigenvalue weighted by Gasteiger charge is 2.24. The average Bonchev–Trinajstić information content (AvgIpc) is 3.20. The molecule has 0 aliphatic carbocycles. The van der Waals surface area contributed by atoms with Crippen molar-refractivity contribution in [2.24, 2.45) is 0 Å². The van der Waals surface area contributed by atoms with Gasteiger partial charge in [0, 0.05) is 22.8 Å². The van der Waals surface area contributed by atoms with E-state index in [1.54, 1.807) is 17.4 Å². The first kappa shape index (κ1) is 17.4. The summed E-state index contributed by atoms with van der Waals surface area (Å²) in [5, 5.41) is 7.60. The van der Waals surface area contributed by atoms with Crippen molar-refractivity contribution in [3.63, 3.8) is 0 Å². The number of likely N-dealkylation sites (tertiary alicyclic amines) is 1. The summed E-state index contributed by atoms with van der Waals surface area (Å²) in [4.78, 5) is 22.4. The number of thiazole rings is 1. The molecule has 6 nitrogen and oxygen atoms in total. The van der Waals surface area contributed by atoms with Crippen LogP contribution in [0.1, 0.15) is 50.9 Å². The molecule has 3 aromatic rings. The molecule has 0 amide bonds. The van der Waals surface area contributed by atoms with Crippen molar-refractivity contribution in [1.29, 1.82) is 0 Å². The summed E-state index contributed by atoms with van der Waals surface area (Å²) in [7, 11) is 2.14. The van der Waals surface area contributed by atoms with E-state index in [1.807, 2.05) is 10.7 Å². The molecule has 1 fully saturated rings. The molecule has 4 rings (SSSR count). The van der Waals surface area contributed by atoms with E-state index in [-0.39, 0.29) is 11.0 Å². The van der Waals surface area contributed by atoms with Crippen molar-refractivity contribution < 1.29 is 0 Å². The van der Waals surface area contributed by atoms with Crippen molar-refractivity contribution in [2.45, 2.75) is 44.9 Å². The molecule has 0 bridgehead atoms. The summed E-state index contributed by atoms with van der Waals surface area (Å²) in [6.45, 7) is 8.56. The average molecular weight is 372 g/mol. The molecule has 0 radical (unpaired) electrons. The van der Waals surface area contributed by atoms with Crippen LogP contribution in [-0.4, -0.2) is 44.6 Å². The maximum atomic E-state index is 12.3. The quantitative estimate of drug-likeness (QED) is 0.751. The van der Waals surface area contributed by atoms with Crippen LogP contribution in [-0.2, 0) is 5.41 Å². The van der Waals surface area contributed by atoms with E-state index in [2.05, 4.69) is 48.2 Å². The smallest absolute Gasteiger partial charge is 0.251 e. The van der Waals surface area contributed by atoms with Crippen molar-refractivity contribution in [3.8, 4) is 10.6 Å². The SMILES string of the molecule is CN1CCC(c2cc(=O)[nH]c3c(-c4nc(C(C)(C)C)cs4)cnn23)CC1. The summed E-state index contributed by atoms with van der Waals surface area (Å²) < 4.78 is 1.91. The second kappa shape index (κ2) is 6.32. The van der Waals surface area contributed by atoms with Gasteiger partial charge in [0.15, 0.2) is 0 Å². The number of nitrogens with one attached hydrogen (secondary N) is 1. The fourth-order valence-electron chi connectivity index (χ4n) is 3.51. The van der Waals surface area contributed by atoms with E-state index < -0.39 is 0 Å². The lowest BCUT2D eigenvalue weighted by molar-refractivity contribution is 0.252. The predicted octanol–water partition coefficient (Wildman–Crippen LogP) is 3.25. The third-order valence-corrected chi connectivity index (χ3v) is 6.05. The van der Waals surface area contributed by atoms with Gasteiger partial charge in [-0.2, -0.15) is 5.10 Å². The van der Waals surface area contributed by atoms with Gasteiger partial charge in [-0.05, 0) is 33.0 Å². The van der Waals surface area contributed by atoms with Gasteiger partial charge in [0.25, 0.3) is 5.56 Å². The first-order valence-corrected chi connectivity index (χ1v) is 9.97. The lowest BCUT2D eigenvalue weighted by Gasteiger charge is -2.29. The van der Waals surface area contributed by atoms with Crippen LogP contribution in [0.4, 0.5) is 0 Å². The second-order valence-electron chi connectivity index (χ2n) is 8.24. The predicted molar refractivity (Wildman–Crippen MR) is 105 cm³/mol. The summed E-state index contributed by atoms with van der Waals surface area (Å²) >= 11 is 1.60. The van der Waals surface area contributed by atoms with Gasteiger partial charge in [-0.25, -0.2) is 9.50 Å². The van der Waals surface area contributed by atoms with Gasteiger partial charge in [-0.3, -0.25) is 4.79 Å². The van der Waals surface area contributed by atoms with E-state index >= 15 is 0 Å². The highest BCUT2D eigenvalue weighted by molar-refractivity contribution is 7.13. The number of fused-ring (bicyclic) bond motifs is 1. The molecule has 0 aromatic carbocycles. The van der Waals surface area contributed by atoms with Crippen LogP contribution < -0.4 is 5.56 Å². The zero-order valence-corrected chi connectivity index (χ0v) is 16.6. The van der Waals surface area contributed by atoms with E-state index in [0.717, 1.165) is 53.5 Å². The molecule has 138 valence electrons. The molecule has 1 aliphatic rings. The van der Waals surface area contributed by atoms with Crippen molar-refractivity contribution >= 4 is 17.0 Å². The van der Waals surface area contributed by atoms with Gasteiger partial charge in [-0.15, -0.1) is 11.3 Å². The molecule has 1 N–H and O–H groups in total. The Bertz CT molecular complexity index is 985. The zero-order valence-electron chi connectivity index (χ0n) is 15.7. The number of aromatic amines is 1. The van der Waals surface area contributed by atoms with Crippen LogP contribution in [0, 0.1) is 0 Å². The second-order valence-corrected chi connectivity index (χ2v) is 9.10. The standard InChI is InChI=1S/C19H25N5OS/c1-19(2,3)15-11-26-18(21-15)13-10-20-24-14(9-16(25)22-17(13)24)12-5-7-23(4)8-6-12/h9-12H,5-8H2,1-4H3,(H,22,25). The van der Waals surface area contributed by atoms with Gasteiger partial charge in [0.1, 0.15) is 10.7 Å². The molecule has 7 heteroatoms. The zero-order chi connectivity index (χ0) is 18.5. The lowest BCUT2D eigenvalue weighted by atomic mass is 9.93. The minimum Gasteiger partial charge on any atom is -0.306 e. The van der Waals surface area contributed by atoms with Gasteiger partial charge >= 0.3 is 0 Å². The molecule has 0 atom stereocenters. The number of H-pyrrole nitrogens is 1. The number of rotatable bonds is 2. The number of hydrogen-bond donors (Lipinski definition) is 1. The van der Waals surface area contributed by atoms with Crippen molar-refractivity contribution in [1.82, 2.24) is 24.5 Å². The largest absolute Gasteiger partial charge is 0.306 e. The lowest BCUT2D eigenvalue weighted by Crippen LogP contribution is -2.30. The Balaban J connectivity index is 1.79. The van der Waals surface area contributed by atoms with E-state index in [9.17, 15) is 4.79 Å². The topological polar surface area (TPSA) is 66.3 Å². The summed E-state index contributed by atoms with van der Waals surface area (Å²) in [6, 6.07) is 1.71. The van der Waals surface area contributed by atoms with Crippen LogP contribution in [0.2, 0.25) is 0 Å². The molecule has 0 saturated carbocycles. The Morgan fingerprint density at radius 1 is 1.27 bits per heavy atom. The van der Waals surface area contributed by atoms with Crippen molar-refractivity contribution in [3.05, 3.63) is 39.4 Å². The minimum absolute atomic E-state index is 0.00438. The van der Waals surface area contributed by atoms with Crippen LogP contribution in [0.15, 0.2) is 22.4 Å². The van der Waals surface area contributed by atoms with Crippen molar-refractivity contribution in [2.75, 3.05) is 20.1 Å². The van der Waals surface area contributed by atoms with Gasteiger partial charge in [0.2, 0.25) is 0 Å². The molecular weight excluding hydrogens is 346 g/mol. The first-order chi connectivity index (χ1) is 12.3. The van der Waals surface area contributed by atoms with E-state index in [0.29, 0.717) is 5.92 Å². The number of nitrogens with zero attached hydrogens (tertiary/aromatic N) is 4. The number of piperidine rings is 1.